The van der Waals surface area contributed by atoms with Gasteiger partial charge in [-0.05, 0) is 84.3 Å². The van der Waals surface area contributed by atoms with Gasteiger partial charge in [-0.15, -0.1) is 0 Å². The van der Waals surface area contributed by atoms with Gasteiger partial charge in [0.25, 0.3) is 0 Å². The first-order chi connectivity index (χ1) is 15.0. The van der Waals surface area contributed by atoms with Crippen molar-refractivity contribution in [2.45, 2.75) is 50.8 Å². The average molecular weight is 434 g/mol. The average Bonchev–Trinajstić information content (AvgIpc) is 3.22. The number of fused-ring (bicyclic) bond motifs is 2. The van der Waals surface area contributed by atoms with Gasteiger partial charge in [-0.1, -0.05) is 43.7 Å². The number of nitrogens with one attached hydrogen (secondary N) is 2. The van der Waals surface area contributed by atoms with Crippen LogP contribution in [0.2, 0.25) is 0 Å². The summed E-state index contributed by atoms with van der Waals surface area (Å²) in [6, 6.07) is 14.7. The Morgan fingerprint density at radius 3 is 2.65 bits per heavy atom. The van der Waals surface area contributed by atoms with Crippen LogP contribution < -0.4 is 14.9 Å². The molecule has 4 nitrogen and oxygen atoms in total. The van der Waals surface area contributed by atoms with E-state index in [0.29, 0.717) is 0 Å². The third-order valence-corrected chi connectivity index (χ3v) is 6.93. The molecule has 4 rings (SSSR count). The lowest BCUT2D eigenvalue weighted by atomic mass is 9.95. The zero-order valence-corrected chi connectivity index (χ0v) is 19.7. The molecular formula is C26H31N3OS. The van der Waals surface area contributed by atoms with E-state index in [1.807, 2.05) is 6.07 Å². The summed E-state index contributed by atoms with van der Waals surface area (Å²) in [5.74, 6) is 0. The minimum absolute atomic E-state index is 0.164. The van der Waals surface area contributed by atoms with E-state index in [-0.39, 0.29) is 6.03 Å². The van der Waals surface area contributed by atoms with Crippen LogP contribution in [0.5, 0.6) is 0 Å². The molecule has 31 heavy (non-hydrogen) atoms. The summed E-state index contributed by atoms with van der Waals surface area (Å²) in [7, 11) is 4.10. The highest BCUT2D eigenvalue weighted by Gasteiger charge is 2.21. The molecular weight excluding hydrogens is 402 g/mol. The Labute approximate surface area is 189 Å². The Kier molecular flexibility index (Phi) is 6.42. The smallest absolute Gasteiger partial charge is 0.329 e. The van der Waals surface area contributed by atoms with Crippen LogP contribution in [0.15, 0.2) is 47.4 Å². The van der Waals surface area contributed by atoms with Gasteiger partial charge in [0, 0.05) is 35.8 Å². The molecule has 0 heterocycles. The molecule has 0 spiro atoms. The number of anilines is 2. The number of hydrogen-bond acceptors (Lipinski definition) is 3. The van der Waals surface area contributed by atoms with Crippen LogP contribution in [-0.2, 0) is 19.3 Å². The molecule has 3 aromatic rings. The molecule has 0 atom stereocenters. The maximum Gasteiger partial charge on any atom is 0.329 e. The van der Waals surface area contributed by atoms with E-state index < -0.39 is 0 Å². The fourth-order valence-electron chi connectivity index (χ4n) is 4.65. The third kappa shape index (κ3) is 4.38. The second kappa shape index (κ2) is 9.23. The van der Waals surface area contributed by atoms with Crippen LogP contribution in [0, 0.1) is 6.92 Å². The zero-order valence-electron chi connectivity index (χ0n) is 18.8. The van der Waals surface area contributed by atoms with Crippen molar-refractivity contribution in [2.75, 3.05) is 24.3 Å². The van der Waals surface area contributed by atoms with E-state index in [4.69, 9.17) is 0 Å². The lowest BCUT2D eigenvalue weighted by Gasteiger charge is -2.19. The van der Waals surface area contributed by atoms with Crippen LogP contribution >= 0.6 is 11.9 Å². The number of carbonyl (C=O) groups is 1. The first-order valence-corrected chi connectivity index (χ1v) is 11.9. The molecule has 162 valence electrons. The summed E-state index contributed by atoms with van der Waals surface area (Å²) >= 11 is 1.37. The zero-order chi connectivity index (χ0) is 22.0. The highest BCUT2D eigenvalue weighted by Crippen LogP contribution is 2.36. The highest BCUT2D eigenvalue weighted by atomic mass is 32.2. The molecule has 2 N–H and O–H groups in total. The van der Waals surface area contributed by atoms with Gasteiger partial charge >= 0.3 is 6.03 Å². The molecule has 0 bridgehead atoms. The molecule has 1 aliphatic rings. The van der Waals surface area contributed by atoms with E-state index in [1.54, 1.807) is 0 Å². The summed E-state index contributed by atoms with van der Waals surface area (Å²) in [5.41, 5.74) is 7.50. The van der Waals surface area contributed by atoms with Gasteiger partial charge in [0.1, 0.15) is 0 Å². The first-order valence-electron chi connectivity index (χ1n) is 11.1. The monoisotopic (exact) mass is 433 g/mol. The Morgan fingerprint density at radius 1 is 1.10 bits per heavy atom. The van der Waals surface area contributed by atoms with E-state index in [9.17, 15) is 4.79 Å². The minimum Gasteiger partial charge on any atom is -0.377 e. The molecule has 0 aliphatic heterocycles. The lowest BCUT2D eigenvalue weighted by molar-refractivity contribution is 0.257. The summed E-state index contributed by atoms with van der Waals surface area (Å²) in [6.07, 6.45) is 5.37. The Bertz CT molecular complexity index is 1120. The fourth-order valence-corrected chi connectivity index (χ4v) is 5.33. The third-order valence-electron chi connectivity index (χ3n) is 6.06. The van der Waals surface area contributed by atoms with Crippen molar-refractivity contribution in [3.63, 3.8) is 0 Å². The van der Waals surface area contributed by atoms with E-state index in [2.05, 4.69) is 79.3 Å². The SMILES string of the molecule is CCCc1c(C)cc2c(c1NC(=O)NSc1cccc3c(N(C)C)cccc13)CCC2. The normalized spacial score (nSPS) is 12.6. The number of carbonyl (C=O) groups excluding carboxylic acids is 1. The predicted molar refractivity (Wildman–Crippen MR) is 133 cm³/mol. The lowest BCUT2D eigenvalue weighted by Crippen LogP contribution is -2.24. The number of rotatable bonds is 6. The van der Waals surface area contributed by atoms with Crippen molar-refractivity contribution in [3.8, 4) is 0 Å². The van der Waals surface area contributed by atoms with Crippen molar-refractivity contribution in [2.24, 2.45) is 0 Å². The van der Waals surface area contributed by atoms with Crippen LogP contribution in [0.1, 0.15) is 42.0 Å². The van der Waals surface area contributed by atoms with Crippen molar-refractivity contribution in [1.82, 2.24) is 4.72 Å². The molecule has 0 unspecified atom stereocenters. The molecule has 1 aliphatic carbocycles. The second-order valence-electron chi connectivity index (χ2n) is 8.47. The van der Waals surface area contributed by atoms with E-state index >= 15 is 0 Å². The quantitative estimate of drug-likeness (QED) is 0.437. The number of benzene rings is 3. The van der Waals surface area contributed by atoms with Crippen molar-refractivity contribution in [1.29, 1.82) is 0 Å². The van der Waals surface area contributed by atoms with Crippen LogP contribution in [0.3, 0.4) is 0 Å². The number of aryl methyl sites for hydroxylation is 2. The van der Waals surface area contributed by atoms with Gasteiger partial charge in [0.05, 0.1) is 0 Å². The maximum absolute atomic E-state index is 12.9. The summed E-state index contributed by atoms with van der Waals surface area (Å²) < 4.78 is 3.02. The number of nitrogens with zero attached hydrogens (tertiary/aromatic N) is 1. The topological polar surface area (TPSA) is 44.4 Å². The molecule has 3 aromatic carbocycles. The van der Waals surface area contributed by atoms with E-state index in [0.717, 1.165) is 41.7 Å². The highest BCUT2D eigenvalue weighted by molar-refractivity contribution is 7.98. The standard InChI is InChI=1S/C26H31N3OS/c1-5-9-19-17(2)16-18-10-6-11-20(18)25(19)27-26(30)28-31-24-15-8-12-21-22(24)13-7-14-23(21)29(3)4/h7-8,12-16H,5-6,9-11H2,1-4H3,(H2,27,28,30). The van der Waals surface area contributed by atoms with Gasteiger partial charge in [0.2, 0.25) is 0 Å². The Hall–Kier alpha value is -2.66. The van der Waals surface area contributed by atoms with E-state index in [1.165, 1.54) is 51.7 Å². The molecule has 0 saturated heterocycles. The van der Waals surface area contributed by atoms with Gasteiger partial charge in [0.15, 0.2) is 0 Å². The Balaban J connectivity index is 1.56. The van der Waals surface area contributed by atoms with Crippen LogP contribution in [0.25, 0.3) is 10.8 Å². The van der Waals surface area contributed by atoms with Crippen molar-refractivity contribution >= 4 is 40.1 Å². The van der Waals surface area contributed by atoms with Crippen LogP contribution in [0.4, 0.5) is 16.2 Å². The van der Waals surface area contributed by atoms with Gasteiger partial charge in [-0.2, -0.15) is 0 Å². The van der Waals surface area contributed by atoms with Gasteiger partial charge in [-0.25, -0.2) is 4.79 Å². The van der Waals surface area contributed by atoms with Gasteiger partial charge in [-0.3, -0.25) is 4.72 Å². The molecule has 0 aromatic heterocycles. The summed E-state index contributed by atoms with van der Waals surface area (Å²) in [6.45, 7) is 4.36. The minimum atomic E-state index is -0.164. The van der Waals surface area contributed by atoms with Gasteiger partial charge < -0.3 is 10.2 Å². The van der Waals surface area contributed by atoms with Crippen molar-refractivity contribution in [3.05, 3.63) is 64.7 Å². The molecule has 0 radical (unpaired) electrons. The maximum atomic E-state index is 12.9. The molecule has 5 heteroatoms. The molecule has 0 saturated carbocycles. The Morgan fingerprint density at radius 2 is 1.87 bits per heavy atom. The van der Waals surface area contributed by atoms with Crippen LogP contribution in [-0.4, -0.2) is 20.1 Å². The molecule has 0 fully saturated rings. The largest absolute Gasteiger partial charge is 0.377 e. The number of amides is 2. The molecule has 2 amide bonds. The predicted octanol–water partition coefficient (Wildman–Crippen LogP) is 6.48. The number of urea groups is 1. The number of hydrogen-bond donors (Lipinski definition) is 2. The first kappa shape index (κ1) is 21.6. The fraction of sp³-hybridized carbons (Fsp3) is 0.346. The second-order valence-corrected chi connectivity index (χ2v) is 9.32. The van der Waals surface area contributed by atoms with Crippen molar-refractivity contribution < 1.29 is 4.79 Å². The summed E-state index contributed by atoms with van der Waals surface area (Å²) in [5, 5.41) is 5.53. The summed E-state index contributed by atoms with van der Waals surface area (Å²) in [4.78, 5) is 16.1.